The Kier molecular flexibility index (Phi) is 7.30. The number of hydrogen-bond acceptors (Lipinski definition) is 4. The lowest BCUT2D eigenvalue weighted by atomic mass is 9.96. The zero-order valence-corrected chi connectivity index (χ0v) is 23.2. The number of dihydropyridines is 1. The molecular weight excluding hydrogens is 474 g/mol. The van der Waals surface area contributed by atoms with Crippen LogP contribution in [0.4, 0.5) is 0 Å². The number of aromatic nitrogens is 2. The maximum Gasteiger partial charge on any atom is 0.253 e. The van der Waals surface area contributed by atoms with Crippen LogP contribution in [0.1, 0.15) is 71.0 Å². The molecule has 0 spiro atoms. The number of allylic oxidation sites excluding steroid dienone is 2. The van der Waals surface area contributed by atoms with Crippen LogP contribution in [0.25, 0.3) is 16.5 Å². The van der Waals surface area contributed by atoms with Crippen LogP contribution in [0.3, 0.4) is 0 Å². The van der Waals surface area contributed by atoms with Crippen molar-refractivity contribution in [2.45, 2.75) is 60.0 Å². The Balaban J connectivity index is 1.49. The number of carbonyl (C=O) groups excluding carboxylic acids is 1. The topological polar surface area (TPSA) is 82.2 Å². The summed E-state index contributed by atoms with van der Waals surface area (Å²) in [7, 11) is 0. The highest BCUT2D eigenvalue weighted by molar-refractivity contribution is 6.09. The molecule has 0 aliphatic carbocycles. The van der Waals surface area contributed by atoms with Crippen LogP contribution in [-0.4, -0.2) is 46.5 Å². The normalized spacial score (nSPS) is 16.1. The quantitative estimate of drug-likeness (QED) is 0.427. The van der Waals surface area contributed by atoms with Gasteiger partial charge >= 0.3 is 0 Å². The van der Waals surface area contributed by atoms with Gasteiger partial charge in [-0.05, 0) is 107 Å². The SMILES string of the molecule is Cc1cc(C)c(CNC(=O)c2cc(C3=CC=C(CN4CCCC4)NC3)cc3c2c(C)cn3C(C)C)c(=O)[nH]1. The van der Waals surface area contributed by atoms with Crippen LogP contribution in [0.15, 0.2) is 47.0 Å². The van der Waals surface area contributed by atoms with E-state index in [1.807, 2.05) is 26.0 Å². The van der Waals surface area contributed by atoms with Crippen molar-refractivity contribution in [2.24, 2.45) is 0 Å². The molecule has 7 nitrogen and oxygen atoms in total. The number of hydrogen-bond donors (Lipinski definition) is 3. The minimum absolute atomic E-state index is 0.154. The molecule has 4 heterocycles. The number of aromatic amines is 1. The molecule has 2 aliphatic rings. The minimum atomic E-state index is -0.171. The van der Waals surface area contributed by atoms with E-state index in [4.69, 9.17) is 0 Å². The fourth-order valence-electron chi connectivity index (χ4n) is 5.76. The zero-order chi connectivity index (χ0) is 27.0. The lowest BCUT2D eigenvalue weighted by Crippen LogP contribution is -2.30. The fourth-order valence-corrected chi connectivity index (χ4v) is 5.76. The number of amides is 1. The van der Waals surface area contributed by atoms with Crippen molar-refractivity contribution < 1.29 is 4.79 Å². The first kappa shape index (κ1) is 26.0. The second kappa shape index (κ2) is 10.7. The maximum absolute atomic E-state index is 13.6. The molecule has 0 saturated carbocycles. The number of nitrogens with one attached hydrogen (secondary N) is 3. The summed E-state index contributed by atoms with van der Waals surface area (Å²) in [5, 5.41) is 7.60. The van der Waals surface area contributed by atoms with Gasteiger partial charge in [0, 0.05) is 65.3 Å². The average Bonchev–Trinajstić information content (AvgIpc) is 3.51. The summed E-state index contributed by atoms with van der Waals surface area (Å²) in [6, 6.07) is 6.41. The molecule has 0 bridgehead atoms. The lowest BCUT2D eigenvalue weighted by Gasteiger charge is -2.23. The van der Waals surface area contributed by atoms with Crippen molar-refractivity contribution in [3.8, 4) is 0 Å². The number of benzene rings is 1. The summed E-state index contributed by atoms with van der Waals surface area (Å²) in [6.45, 7) is 14.4. The number of aryl methyl sites for hydroxylation is 3. The van der Waals surface area contributed by atoms with E-state index in [0.29, 0.717) is 11.1 Å². The molecule has 200 valence electrons. The van der Waals surface area contributed by atoms with Gasteiger partial charge in [0.25, 0.3) is 11.5 Å². The third-order valence-corrected chi connectivity index (χ3v) is 7.80. The Hall–Kier alpha value is -3.58. The molecule has 0 radical (unpaired) electrons. The third kappa shape index (κ3) is 5.20. The Morgan fingerprint density at radius 1 is 1.05 bits per heavy atom. The molecule has 3 N–H and O–H groups in total. The predicted octanol–water partition coefficient (Wildman–Crippen LogP) is 4.73. The van der Waals surface area contributed by atoms with Gasteiger partial charge in [-0.15, -0.1) is 0 Å². The number of H-pyrrole nitrogens is 1. The van der Waals surface area contributed by atoms with Gasteiger partial charge < -0.3 is 20.2 Å². The number of carbonyl (C=O) groups is 1. The summed E-state index contributed by atoms with van der Waals surface area (Å²) in [5.41, 5.74) is 8.33. The highest BCUT2D eigenvalue weighted by Gasteiger charge is 2.21. The van der Waals surface area contributed by atoms with Crippen molar-refractivity contribution in [1.82, 2.24) is 25.1 Å². The molecule has 7 heteroatoms. The molecule has 38 heavy (non-hydrogen) atoms. The number of likely N-dealkylation sites (tertiary alicyclic amines) is 1. The van der Waals surface area contributed by atoms with Gasteiger partial charge in [0.2, 0.25) is 0 Å². The molecule has 3 aromatic rings. The highest BCUT2D eigenvalue weighted by atomic mass is 16.1. The molecule has 2 aromatic heterocycles. The van der Waals surface area contributed by atoms with E-state index in [1.165, 1.54) is 31.6 Å². The number of rotatable bonds is 7. The third-order valence-electron chi connectivity index (χ3n) is 7.80. The largest absolute Gasteiger partial charge is 0.383 e. The van der Waals surface area contributed by atoms with Crippen LogP contribution in [0.2, 0.25) is 0 Å². The summed E-state index contributed by atoms with van der Waals surface area (Å²) >= 11 is 0. The minimum Gasteiger partial charge on any atom is -0.383 e. The first-order chi connectivity index (χ1) is 18.2. The molecule has 1 saturated heterocycles. The standard InChI is InChI=1S/C31H39N5O2/c1-19(2)36-17-21(4)29-26(30(37)33-16-27-20(3)12-22(5)34-31(27)38)13-24(14-28(29)36)23-8-9-25(32-15-23)18-35-10-6-7-11-35/h8-9,12-14,17,19,32H,6-7,10-11,15-16,18H2,1-5H3,(H,33,37)(H,34,38). The van der Waals surface area contributed by atoms with Crippen molar-refractivity contribution in [2.75, 3.05) is 26.2 Å². The highest BCUT2D eigenvalue weighted by Crippen LogP contribution is 2.32. The maximum atomic E-state index is 13.6. The van der Waals surface area contributed by atoms with Gasteiger partial charge in [0.05, 0.1) is 0 Å². The second-order valence-corrected chi connectivity index (χ2v) is 11.1. The first-order valence-corrected chi connectivity index (χ1v) is 13.7. The van der Waals surface area contributed by atoms with Gasteiger partial charge in [-0.2, -0.15) is 0 Å². The van der Waals surface area contributed by atoms with Gasteiger partial charge in [0.15, 0.2) is 0 Å². The monoisotopic (exact) mass is 513 g/mol. The number of pyridine rings is 1. The summed E-state index contributed by atoms with van der Waals surface area (Å²) in [4.78, 5) is 31.5. The summed E-state index contributed by atoms with van der Waals surface area (Å²) in [6.07, 6.45) is 9.07. The van der Waals surface area contributed by atoms with Crippen molar-refractivity contribution in [1.29, 1.82) is 0 Å². The first-order valence-electron chi connectivity index (χ1n) is 13.7. The Morgan fingerprint density at radius 3 is 2.47 bits per heavy atom. The summed E-state index contributed by atoms with van der Waals surface area (Å²) < 4.78 is 2.24. The number of fused-ring (bicyclic) bond motifs is 1. The van der Waals surface area contributed by atoms with Crippen LogP contribution in [0.5, 0.6) is 0 Å². The lowest BCUT2D eigenvalue weighted by molar-refractivity contribution is 0.0952. The summed E-state index contributed by atoms with van der Waals surface area (Å²) in [5.74, 6) is -0.171. The Bertz CT molecular complexity index is 1500. The smallest absolute Gasteiger partial charge is 0.253 e. The fraction of sp³-hybridized carbons (Fsp3) is 0.419. The van der Waals surface area contributed by atoms with Crippen LogP contribution in [0, 0.1) is 20.8 Å². The Labute approximate surface area is 224 Å². The zero-order valence-electron chi connectivity index (χ0n) is 23.2. The van der Waals surface area contributed by atoms with E-state index in [1.54, 1.807) is 0 Å². The van der Waals surface area contributed by atoms with E-state index >= 15 is 0 Å². The molecule has 5 rings (SSSR count). The Morgan fingerprint density at radius 2 is 1.82 bits per heavy atom. The molecule has 1 amide bonds. The second-order valence-electron chi connectivity index (χ2n) is 11.1. The van der Waals surface area contributed by atoms with E-state index in [9.17, 15) is 9.59 Å². The van der Waals surface area contributed by atoms with Gasteiger partial charge in [-0.3, -0.25) is 14.5 Å². The molecule has 1 fully saturated rings. The number of nitrogens with zero attached hydrogens (tertiary/aromatic N) is 2. The van der Waals surface area contributed by atoms with Crippen molar-refractivity contribution >= 4 is 22.4 Å². The van der Waals surface area contributed by atoms with Crippen LogP contribution >= 0.6 is 0 Å². The predicted molar refractivity (Wildman–Crippen MR) is 155 cm³/mol. The molecule has 2 aliphatic heterocycles. The van der Waals surface area contributed by atoms with Crippen molar-refractivity contribution in [3.63, 3.8) is 0 Å². The average molecular weight is 514 g/mol. The van der Waals surface area contributed by atoms with Crippen molar-refractivity contribution in [3.05, 3.63) is 86.1 Å². The van der Waals surface area contributed by atoms with E-state index in [-0.39, 0.29) is 24.1 Å². The van der Waals surface area contributed by atoms with Crippen LogP contribution in [-0.2, 0) is 6.54 Å². The molecule has 0 unspecified atom stereocenters. The van der Waals surface area contributed by atoms with E-state index in [2.05, 4.69) is 70.3 Å². The van der Waals surface area contributed by atoms with Crippen LogP contribution < -0.4 is 16.2 Å². The van der Waals surface area contributed by atoms with Gasteiger partial charge in [-0.25, -0.2) is 0 Å². The molecule has 0 atom stereocenters. The van der Waals surface area contributed by atoms with Gasteiger partial charge in [-0.1, -0.05) is 6.08 Å². The van der Waals surface area contributed by atoms with E-state index < -0.39 is 0 Å². The van der Waals surface area contributed by atoms with E-state index in [0.717, 1.165) is 51.9 Å². The molecule has 1 aromatic carbocycles. The van der Waals surface area contributed by atoms with Gasteiger partial charge in [0.1, 0.15) is 0 Å². The molecular formula is C31H39N5O2.